The number of piperidine rings is 1. The van der Waals surface area contributed by atoms with Gasteiger partial charge in [0.15, 0.2) is 0 Å². The van der Waals surface area contributed by atoms with Gasteiger partial charge in [-0.15, -0.1) is 0 Å². The van der Waals surface area contributed by atoms with Crippen molar-refractivity contribution in [3.63, 3.8) is 0 Å². The zero-order valence-electron chi connectivity index (χ0n) is 10.7. The molecule has 100 valence electrons. The maximum absolute atomic E-state index is 11.5. The maximum atomic E-state index is 11.5. The van der Waals surface area contributed by atoms with Crippen LogP contribution in [-0.4, -0.2) is 24.0 Å². The van der Waals surface area contributed by atoms with Crippen molar-refractivity contribution in [2.45, 2.75) is 25.9 Å². The Balaban J connectivity index is 1.82. The highest BCUT2D eigenvalue weighted by molar-refractivity contribution is 9.10. The number of halogens is 1. The molecular formula is C15H16BrNO2. The molecule has 0 bridgehead atoms. The normalized spacial score (nSPS) is 18.8. The van der Waals surface area contributed by atoms with E-state index >= 15 is 0 Å². The van der Waals surface area contributed by atoms with Crippen LogP contribution in [0.5, 0.6) is 0 Å². The summed E-state index contributed by atoms with van der Waals surface area (Å²) in [5.41, 5.74) is 2.75. The highest BCUT2D eigenvalue weighted by Gasteiger charge is 2.24. The molecule has 0 radical (unpaired) electrons. The first-order chi connectivity index (χ1) is 9.25. The van der Waals surface area contributed by atoms with Crippen LogP contribution in [-0.2, 0) is 11.3 Å². The quantitative estimate of drug-likeness (QED) is 0.780. The monoisotopic (exact) mass is 321 g/mol. The van der Waals surface area contributed by atoms with E-state index < -0.39 is 0 Å². The van der Waals surface area contributed by atoms with Gasteiger partial charge in [-0.2, -0.15) is 0 Å². The molecule has 1 aromatic rings. The number of carbonyl (C=O) groups is 1. The highest BCUT2D eigenvalue weighted by Crippen LogP contribution is 2.31. The second-order valence-electron chi connectivity index (χ2n) is 4.98. The van der Waals surface area contributed by atoms with Crippen molar-refractivity contribution in [3.8, 4) is 0 Å². The van der Waals surface area contributed by atoms with Gasteiger partial charge in [0.2, 0.25) is 0 Å². The van der Waals surface area contributed by atoms with Crippen LogP contribution in [0.4, 0.5) is 0 Å². The van der Waals surface area contributed by atoms with Crippen molar-refractivity contribution in [2.75, 3.05) is 13.1 Å². The predicted octanol–water partition coefficient (Wildman–Crippen LogP) is 3.58. The Morgan fingerprint density at radius 1 is 1.21 bits per heavy atom. The summed E-state index contributed by atoms with van der Waals surface area (Å²) in [7, 11) is 0. The number of cyclic esters (lactones) is 1. The molecule has 0 unspecified atom stereocenters. The van der Waals surface area contributed by atoms with E-state index in [1.54, 1.807) is 0 Å². The van der Waals surface area contributed by atoms with Gasteiger partial charge in [-0.05, 0) is 59.1 Å². The first-order valence-corrected chi connectivity index (χ1v) is 7.46. The Bertz CT molecular complexity index is 533. The third-order valence-corrected chi connectivity index (χ3v) is 4.63. The van der Waals surface area contributed by atoms with Crippen LogP contribution in [0.3, 0.4) is 0 Å². The fraction of sp³-hybridized carbons (Fsp3) is 0.400. The van der Waals surface area contributed by atoms with Crippen LogP contribution in [0.15, 0.2) is 22.8 Å². The summed E-state index contributed by atoms with van der Waals surface area (Å²) in [6.07, 6.45) is 8.16. The fourth-order valence-corrected chi connectivity index (χ4v) is 3.16. The minimum atomic E-state index is -0.220. The number of esters is 1. The van der Waals surface area contributed by atoms with Crippen LogP contribution in [0.2, 0.25) is 0 Å². The van der Waals surface area contributed by atoms with Crippen molar-refractivity contribution in [1.82, 2.24) is 4.90 Å². The summed E-state index contributed by atoms with van der Waals surface area (Å²) < 4.78 is 6.03. The van der Waals surface area contributed by atoms with Gasteiger partial charge in [0.25, 0.3) is 0 Å². The molecule has 0 N–H and O–H groups in total. The molecule has 1 aromatic carbocycles. The molecule has 19 heavy (non-hydrogen) atoms. The van der Waals surface area contributed by atoms with E-state index in [2.05, 4.69) is 33.1 Å². The van der Waals surface area contributed by atoms with Gasteiger partial charge < -0.3 is 9.64 Å². The standard InChI is InChI=1S/C15H16BrNO2/c16-14-11(6-9-17-7-2-1-3-8-17)4-5-12-13(14)10-19-15(12)18/h4-6,9H,1-3,7-8,10H2. The Morgan fingerprint density at radius 3 is 2.79 bits per heavy atom. The number of benzene rings is 1. The smallest absolute Gasteiger partial charge is 0.338 e. The van der Waals surface area contributed by atoms with Crippen LogP contribution >= 0.6 is 15.9 Å². The number of rotatable bonds is 2. The predicted molar refractivity (Wildman–Crippen MR) is 77.7 cm³/mol. The minimum absolute atomic E-state index is 0.220. The van der Waals surface area contributed by atoms with Crippen molar-refractivity contribution >= 4 is 28.0 Å². The molecule has 0 aromatic heterocycles. The third kappa shape index (κ3) is 2.54. The number of ether oxygens (including phenoxy) is 1. The average Bonchev–Trinajstić information content (AvgIpc) is 2.82. The van der Waals surface area contributed by atoms with Crippen molar-refractivity contribution in [2.24, 2.45) is 0 Å². The van der Waals surface area contributed by atoms with Gasteiger partial charge in [0.1, 0.15) is 6.61 Å². The lowest BCUT2D eigenvalue weighted by atomic mass is 10.1. The fourth-order valence-electron chi connectivity index (χ4n) is 2.57. The van der Waals surface area contributed by atoms with Gasteiger partial charge in [0, 0.05) is 23.1 Å². The molecular weight excluding hydrogens is 306 g/mol. The van der Waals surface area contributed by atoms with Crippen molar-refractivity contribution in [1.29, 1.82) is 0 Å². The maximum Gasteiger partial charge on any atom is 0.338 e. The zero-order valence-corrected chi connectivity index (χ0v) is 12.3. The van der Waals surface area contributed by atoms with Gasteiger partial charge in [0.05, 0.1) is 5.56 Å². The lowest BCUT2D eigenvalue weighted by Crippen LogP contribution is -2.23. The van der Waals surface area contributed by atoms with E-state index in [4.69, 9.17) is 4.74 Å². The number of likely N-dealkylation sites (tertiary alicyclic amines) is 1. The number of carbonyl (C=O) groups excluding carboxylic acids is 1. The van der Waals surface area contributed by atoms with E-state index in [0.717, 1.165) is 28.7 Å². The lowest BCUT2D eigenvalue weighted by Gasteiger charge is -2.24. The van der Waals surface area contributed by atoms with Crippen molar-refractivity contribution in [3.05, 3.63) is 39.5 Å². The summed E-state index contributed by atoms with van der Waals surface area (Å²) in [4.78, 5) is 13.8. The molecule has 0 aliphatic carbocycles. The molecule has 0 atom stereocenters. The third-order valence-electron chi connectivity index (χ3n) is 3.70. The van der Waals surface area contributed by atoms with E-state index in [9.17, 15) is 4.79 Å². The summed E-state index contributed by atoms with van der Waals surface area (Å²) in [5.74, 6) is -0.220. The molecule has 3 nitrogen and oxygen atoms in total. The molecule has 1 fully saturated rings. The topological polar surface area (TPSA) is 29.5 Å². The Labute approximate surface area is 121 Å². The van der Waals surface area contributed by atoms with Gasteiger partial charge in [-0.25, -0.2) is 4.79 Å². The SMILES string of the molecule is O=C1OCc2c1ccc(C=CN1CCCCC1)c2Br. The number of hydrogen-bond acceptors (Lipinski definition) is 3. The molecule has 0 amide bonds. The molecule has 2 aliphatic rings. The molecule has 0 saturated carbocycles. The van der Waals surface area contributed by atoms with Crippen LogP contribution in [0.25, 0.3) is 6.08 Å². The first-order valence-electron chi connectivity index (χ1n) is 6.66. The molecule has 4 heteroatoms. The Hall–Kier alpha value is -1.29. The second-order valence-corrected chi connectivity index (χ2v) is 5.78. The summed E-state index contributed by atoms with van der Waals surface area (Å²) in [6, 6.07) is 3.82. The molecule has 3 rings (SSSR count). The lowest BCUT2D eigenvalue weighted by molar-refractivity contribution is 0.0535. The molecule has 2 aliphatic heterocycles. The highest BCUT2D eigenvalue weighted by atomic mass is 79.9. The number of fused-ring (bicyclic) bond motifs is 1. The second kappa shape index (κ2) is 5.37. The van der Waals surface area contributed by atoms with E-state index in [-0.39, 0.29) is 5.97 Å². The van der Waals surface area contributed by atoms with Crippen molar-refractivity contribution < 1.29 is 9.53 Å². The Kier molecular flexibility index (Phi) is 3.60. The summed E-state index contributed by atoms with van der Waals surface area (Å²) in [6.45, 7) is 2.65. The molecule has 0 spiro atoms. The largest absolute Gasteiger partial charge is 0.457 e. The van der Waals surface area contributed by atoms with E-state index in [0.29, 0.717) is 12.2 Å². The van der Waals surface area contributed by atoms with Crippen LogP contribution in [0.1, 0.15) is 40.7 Å². The Morgan fingerprint density at radius 2 is 2.00 bits per heavy atom. The number of nitrogens with zero attached hydrogens (tertiary/aromatic N) is 1. The van der Waals surface area contributed by atoms with Crippen LogP contribution < -0.4 is 0 Å². The van der Waals surface area contributed by atoms with E-state index in [1.165, 1.54) is 19.3 Å². The van der Waals surface area contributed by atoms with Gasteiger partial charge in [-0.3, -0.25) is 0 Å². The zero-order chi connectivity index (χ0) is 13.2. The summed E-state index contributed by atoms with van der Waals surface area (Å²) in [5, 5.41) is 0. The van der Waals surface area contributed by atoms with Crippen LogP contribution in [0, 0.1) is 0 Å². The number of hydrogen-bond donors (Lipinski definition) is 0. The molecule has 1 saturated heterocycles. The minimum Gasteiger partial charge on any atom is -0.457 e. The summed E-state index contributed by atoms with van der Waals surface area (Å²) >= 11 is 3.58. The van der Waals surface area contributed by atoms with Gasteiger partial charge in [-0.1, -0.05) is 6.07 Å². The molecule has 2 heterocycles. The average molecular weight is 322 g/mol. The first kappa shape index (κ1) is 12.7. The van der Waals surface area contributed by atoms with E-state index in [1.807, 2.05) is 12.1 Å². The van der Waals surface area contributed by atoms with Gasteiger partial charge >= 0.3 is 5.97 Å².